The lowest BCUT2D eigenvalue weighted by Crippen LogP contribution is -2.25. The molecule has 0 bridgehead atoms. The van der Waals surface area contributed by atoms with Gasteiger partial charge in [0, 0.05) is 11.9 Å². The summed E-state index contributed by atoms with van der Waals surface area (Å²) < 4.78 is 5.37. The third-order valence-electron chi connectivity index (χ3n) is 1.81. The molecule has 0 fully saturated rings. The zero-order valence-corrected chi connectivity index (χ0v) is 10.2. The molecule has 4 heteroatoms. The molecule has 0 aliphatic carbocycles. The van der Waals surface area contributed by atoms with Crippen LogP contribution in [0, 0.1) is 0 Å². The molecule has 0 spiro atoms. The summed E-state index contributed by atoms with van der Waals surface area (Å²) in [7, 11) is 0. The lowest BCUT2D eigenvalue weighted by Gasteiger charge is -2.09. The second-order valence-corrected chi connectivity index (χ2v) is 3.67. The number of benzene rings is 1. The average molecular weight is 272 g/mol. The number of alkyl halides is 1. The van der Waals surface area contributed by atoms with Gasteiger partial charge in [-0.05, 0) is 19.1 Å². The van der Waals surface area contributed by atoms with Gasteiger partial charge in [-0.15, -0.1) is 0 Å². The van der Waals surface area contributed by atoms with Gasteiger partial charge < -0.3 is 10.1 Å². The minimum absolute atomic E-state index is 0.0986. The number of amides is 1. The van der Waals surface area contributed by atoms with E-state index in [0.29, 0.717) is 24.5 Å². The van der Waals surface area contributed by atoms with Crippen molar-refractivity contribution in [2.45, 2.75) is 6.92 Å². The highest BCUT2D eigenvalue weighted by atomic mass is 79.9. The SMILES string of the molecule is CCOc1ccccc1C(=O)NCCBr. The molecule has 0 atom stereocenters. The first-order valence-electron chi connectivity index (χ1n) is 4.85. The summed E-state index contributed by atoms with van der Waals surface area (Å²) in [5, 5.41) is 3.53. The van der Waals surface area contributed by atoms with E-state index in [1.54, 1.807) is 12.1 Å². The molecule has 0 aliphatic heterocycles. The van der Waals surface area contributed by atoms with Crippen LogP contribution in [0.5, 0.6) is 5.75 Å². The largest absolute Gasteiger partial charge is 0.493 e. The first-order valence-corrected chi connectivity index (χ1v) is 5.97. The first kappa shape index (κ1) is 12.0. The van der Waals surface area contributed by atoms with E-state index in [4.69, 9.17) is 4.74 Å². The Morgan fingerprint density at radius 3 is 2.87 bits per heavy atom. The van der Waals surface area contributed by atoms with Gasteiger partial charge in [0.2, 0.25) is 0 Å². The van der Waals surface area contributed by atoms with Gasteiger partial charge in [0.1, 0.15) is 5.75 Å². The van der Waals surface area contributed by atoms with E-state index in [1.165, 1.54) is 0 Å². The number of halogens is 1. The monoisotopic (exact) mass is 271 g/mol. The van der Waals surface area contributed by atoms with Crippen molar-refractivity contribution < 1.29 is 9.53 Å². The molecule has 1 aromatic rings. The van der Waals surface area contributed by atoms with Crippen molar-refractivity contribution in [3.63, 3.8) is 0 Å². The van der Waals surface area contributed by atoms with Crippen molar-refractivity contribution in [1.29, 1.82) is 0 Å². The molecule has 0 radical (unpaired) electrons. The molecule has 1 aromatic carbocycles. The predicted octanol–water partition coefficient (Wildman–Crippen LogP) is 2.21. The molecule has 0 heterocycles. The Morgan fingerprint density at radius 2 is 2.20 bits per heavy atom. The molecule has 0 saturated heterocycles. The van der Waals surface area contributed by atoms with E-state index in [9.17, 15) is 4.79 Å². The van der Waals surface area contributed by atoms with Crippen LogP contribution < -0.4 is 10.1 Å². The number of para-hydroxylation sites is 1. The second kappa shape index (κ2) is 6.45. The summed E-state index contributed by atoms with van der Waals surface area (Å²) in [6, 6.07) is 7.24. The van der Waals surface area contributed by atoms with Crippen LogP contribution >= 0.6 is 15.9 Å². The lowest BCUT2D eigenvalue weighted by molar-refractivity contribution is 0.0952. The average Bonchev–Trinajstić information content (AvgIpc) is 2.27. The van der Waals surface area contributed by atoms with E-state index >= 15 is 0 Å². The topological polar surface area (TPSA) is 38.3 Å². The number of hydrogen-bond donors (Lipinski definition) is 1. The number of rotatable bonds is 5. The van der Waals surface area contributed by atoms with E-state index < -0.39 is 0 Å². The van der Waals surface area contributed by atoms with Crippen molar-refractivity contribution in [2.24, 2.45) is 0 Å². The number of ether oxygens (including phenoxy) is 1. The van der Waals surface area contributed by atoms with E-state index in [0.717, 1.165) is 5.33 Å². The van der Waals surface area contributed by atoms with Crippen LogP contribution in [0.1, 0.15) is 17.3 Å². The molecular formula is C11H14BrNO2. The molecule has 82 valence electrons. The molecule has 1 amide bonds. The van der Waals surface area contributed by atoms with E-state index in [2.05, 4.69) is 21.2 Å². The Labute approximate surface area is 97.9 Å². The van der Waals surface area contributed by atoms with Crippen molar-refractivity contribution in [3.8, 4) is 5.75 Å². The maximum atomic E-state index is 11.7. The van der Waals surface area contributed by atoms with Crippen LogP contribution in [0.25, 0.3) is 0 Å². The summed E-state index contributed by atoms with van der Waals surface area (Å²) in [6.07, 6.45) is 0. The minimum atomic E-state index is -0.0986. The van der Waals surface area contributed by atoms with Crippen LogP contribution in [0.4, 0.5) is 0 Å². The van der Waals surface area contributed by atoms with Crippen molar-refractivity contribution in [2.75, 3.05) is 18.5 Å². The maximum Gasteiger partial charge on any atom is 0.255 e. The zero-order chi connectivity index (χ0) is 11.1. The van der Waals surface area contributed by atoms with Crippen LogP contribution in [-0.4, -0.2) is 24.4 Å². The lowest BCUT2D eigenvalue weighted by atomic mass is 10.2. The molecular weight excluding hydrogens is 258 g/mol. The van der Waals surface area contributed by atoms with Gasteiger partial charge in [-0.25, -0.2) is 0 Å². The normalized spacial score (nSPS) is 9.73. The van der Waals surface area contributed by atoms with Gasteiger partial charge in [-0.1, -0.05) is 28.1 Å². The fourth-order valence-electron chi connectivity index (χ4n) is 1.19. The Balaban J connectivity index is 2.77. The van der Waals surface area contributed by atoms with Gasteiger partial charge in [-0.3, -0.25) is 4.79 Å². The summed E-state index contributed by atoms with van der Waals surface area (Å²) in [6.45, 7) is 3.06. The molecule has 0 saturated carbocycles. The second-order valence-electron chi connectivity index (χ2n) is 2.87. The van der Waals surface area contributed by atoms with Gasteiger partial charge in [0.15, 0.2) is 0 Å². The summed E-state index contributed by atoms with van der Waals surface area (Å²) in [5.41, 5.74) is 0.584. The molecule has 0 aromatic heterocycles. The summed E-state index contributed by atoms with van der Waals surface area (Å²) in [4.78, 5) is 11.7. The predicted molar refractivity (Wildman–Crippen MR) is 63.7 cm³/mol. The van der Waals surface area contributed by atoms with Crippen LogP contribution in [0.15, 0.2) is 24.3 Å². The van der Waals surface area contributed by atoms with Crippen LogP contribution in [0.3, 0.4) is 0 Å². The summed E-state index contributed by atoms with van der Waals surface area (Å²) >= 11 is 3.25. The van der Waals surface area contributed by atoms with Gasteiger partial charge in [-0.2, -0.15) is 0 Å². The fourth-order valence-corrected chi connectivity index (χ4v) is 1.39. The number of nitrogens with one attached hydrogen (secondary N) is 1. The Morgan fingerprint density at radius 1 is 1.47 bits per heavy atom. The first-order chi connectivity index (χ1) is 7.29. The number of carbonyl (C=O) groups excluding carboxylic acids is 1. The molecule has 1 rings (SSSR count). The Bertz CT molecular complexity index is 328. The molecule has 3 nitrogen and oxygen atoms in total. The quantitative estimate of drug-likeness (QED) is 0.834. The highest BCUT2D eigenvalue weighted by Crippen LogP contribution is 2.17. The molecule has 0 aliphatic rings. The van der Waals surface area contributed by atoms with Crippen LogP contribution in [0.2, 0.25) is 0 Å². The smallest absolute Gasteiger partial charge is 0.255 e. The van der Waals surface area contributed by atoms with Gasteiger partial charge in [0.05, 0.1) is 12.2 Å². The molecule has 1 N–H and O–H groups in total. The zero-order valence-electron chi connectivity index (χ0n) is 8.63. The van der Waals surface area contributed by atoms with Gasteiger partial charge >= 0.3 is 0 Å². The Kier molecular flexibility index (Phi) is 5.18. The van der Waals surface area contributed by atoms with E-state index in [-0.39, 0.29) is 5.91 Å². The highest BCUT2D eigenvalue weighted by Gasteiger charge is 2.10. The van der Waals surface area contributed by atoms with Gasteiger partial charge in [0.25, 0.3) is 5.91 Å². The van der Waals surface area contributed by atoms with Crippen LogP contribution in [-0.2, 0) is 0 Å². The Hall–Kier alpha value is -1.03. The van der Waals surface area contributed by atoms with Crippen molar-refractivity contribution in [3.05, 3.63) is 29.8 Å². The highest BCUT2D eigenvalue weighted by molar-refractivity contribution is 9.09. The fraction of sp³-hybridized carbons (Fsp3) is 0.364. The number of hydrogen-bond acceptors (Lipinski definition) is 2. The minimum Gasteiger partial charge on any atom is -0.493 e. The molecule has 15 heavy (non-hydrogen) atoms. The maximum absolute atomic E-state index is 11.7. The van der Waals surface area contributed by atoms with Crippen molar-refractivity contribution in [1.82, 2.24) is 5.32 Å². The van der Waals surface area contributed by atoms with E-state index in [1.807, 2.05) is 19.1 Å². The standard InChI is InChI=1S/C11H14BrNO2/c1-2-15-10-6-4-3-5-9(10)11(14)13-8-7-12/h3-6H,2,7-8H2,1H3,(H,13,14). The number of carbonyl (C=O) groups is 1. The summed E-state index contributed by atoms with van der Waals surface area (Å²) in [5.74, 6) is 0.533. The third kappa shape index (κ3) is 3.55. The van der Waals surface area contributed by atoms with Crippen molar-refractivity contribution >= 4 is 21.8 Å². The third-order valence-corrected chi connectivity index (χ3v) is 2.21. The molecule has 0 unspecified atom stereocenters.